The highest BCUT2D eigenvalue weighted by Crippen LogP contribution is 2.36. The fourth-order valence-corrected chi connectivity index (χ4v) is 2.54. The zero-order chi connectivity index (χ0) is 13.2. The standard InChI is InChI=1S/C13H15N3O2/c1-13(7-2-3-8-13)15-11-6-4-5-10(9-14)12(11)16(17)18/h4-6,15H,2-3,7-8H2,1H3. The number of hydrogen-bond acceptors (Lipinski definition) is 4. The fourth-order valence-electron chi connectivity index (χ4n) is 2.54. The molecule has 5 nitrogen and oxygen atoms in total. The molecule has 0 spiro atoms. The molecule has 94 valence electrons. The fraction of sp³-hybridized carbons (Fsp3) is 0.462. The van der Waals surface area contributed by atoms with Crippen molar-refractivity contribution < 1.29 is 4.92 Å². The van der Waals surface area contributed by atoms with E-state index in [4.69, 9.17) is 5.26 Å². The molecule has 0 radical (unpaired) electrons. The van der Waals surface area contributed by atoms with Gasteiger partial charge < -0.3 is 5.32 Å². The lowest BCUT2D eigenvalue weighted by molar-refractivity contribution is -0.384. The zero-order valence-corrected chi connectivity index (χ0v) is 10.3. The van der Waals surface area contributed by atoms with Gasteiger partial charge in [-0.3, -0.25) is 10.1 Å². The molecular formula is C13H15N3O2. The van der Waals surface area contributed by atoms with Crippen LogP contribution in [0.2, 0.25) is 0 Å². The van der Waals surface area contributed by atoms with Crippen molar-refractivity contribution in [3.63, 3.8) is 0 Å². The van der Waals surface area contributed by atoms with Crippen LogP contribution in [0, 0.1) is 21.4 Å². The van der Waals surface area contributed by atoms with E-state index in [2.05, 4.69) is 12.2 Å². The van der Waals surface area contributed by atoms with Crippen molar-refractivity contribution in [2.24, 2.45) is 0 Å². The normalized spacial score (nSPS) is 17.1. The van der Waals surface area contributed by atoms with Crippen molar-refractivity contribution in [2.75, 3.05) is 5.32 Å². The molecule has 1 aliphatic carbocycles. The van der Waals surface area contributed by atoms with Gasteiger partial charge in [0.05, 0.1) is 4.92 Å². The van der Waals surface area contributed by atoms with E-state index in [1.165, 1.54) is 6.07 Å². The molecule has 0 aromatic heterocycles. The quantitative estimate of drug-likeness (QED) is 0.655. The Morgan fingerprint density at radius 3 is 2.67 bits per heavy atom. The Morgan fingerprint density at radius 1 is 1.44 bits per heavy atom. The number of nitro benzene ring substituents is 1. The van der Waals surface area contributed by atoms with Gasteiger partial charge in [-0.1, -0.05) is 18.9 Å². The number of para-hydroxylation sites is 1. The monoisotopic (exact) mass is 245 g/mol. The Kier molecular flexibility index (Phi) is 3.19. The van der Waals surface area contributed by atoms with Crippen LogP contribution >= 0.6 is 0 Å². The second-order valence-electron chi connectivity index (χ2n) is 4.96. The molecule has 0 atom stereocenters. The van der Waals surface area contributed by atoms with Gasteiger partial charge in [0.25, 0.3) is 0 Å². The van der Waals surface area contributed by atoms with Crippen molar-refractivity contribution in [1.29, 1.82) is 5.26 Å². The Morgan fingerprint density at radius 2 is 2.11 bits per heavy atom. The first kappa shape index (κ1) is 12.4. The first-order chi connectivity index (χ1) is 8.56. The predicted octanol–water partition coefficient (Wildman–Crippen LogP) is 3.21. The SMILES string of the molecule is CC1(Nc2cccc(C#N)c2[N+](=O)[O-])CCCC1. The third kappa shape index (κ3) is 2.28. The molecule has 0 aliphatic heterocycles. The summed E-state index contributed by atoms with van der Waals surface area (Å²) in [6.07, 6.45) is 4.27. The zero-order valence-electron chi connectivity index (χ0n) is 10.3. The number of nitrogens with zero attached hydrogens (tertiary/aromatic N) is 2. The molecule has 1 N–H and O–H groups in total. The van der Waals surface area contributed by atoms with Crippen molar-refractivity contribution in [3.8, 4) is 6.07 Å². The average molecular weight is 245 g/mol. The number of nitrogens with one attached hydrogen (secondary N) is 1. The average Bonchev–Trinajstić information content (AvgIpc) is 2.75. The summed E-state index contributed by atoms with van der Waals surface area (Å²) < 4.78 is 0. The maximum Gasteiger partial charge on any atom is 0.309 e. The van der Waals surface area contributed by atoms with E-state index in [1.807, 2.05) is 6.07 Å². The van der Waals surface area contributed by atoms with Crippen molar-refractivity contribution >= 4 is 11.4 Å². The van der Waals surface area contributed by atoms with E-state index in [9.17, 15) is 10.1 Å². The van der Waals surface area contributed by atoms with Gasteiger partial charge in [0, 0.05) is 5.54 Å². The van der Waals surface area contributed by atoms with Crippen LogP contribution in [0.5, 0.6) is 0 Å². The largest absolute Gasteiger partial charge is 0.374 e. The van der Waals surface area contributed by atoms with E-state index < -0.39 is 4.92 Å². The van der Waals surface area contributed by atoms with Crippen LogP contribution in [0.3, 0.4) is 0 Å². The number of nitro groups is 1. The lowest BCUT2D eigenvalue weighted by Gasteiger charge is -2.26. The Hall–Kier alpha value is -2.09. The summed E-state index contributed by atoms with van der Waals surface area (Å²) in [5.74, 6) is 0. The summed E-state index contributed by atoms with van der Waals surface area (Å²) in [5.41, 5.74) is 0.335. The molecular weight excluding hydrogens is 230 g/mol. The molecule has 2 rings (SSSR count). The third-order valence-corrected chi connectivity index (χ3v) is 3.48. The molecule has 0 amide bonds. The van der Waals surface area contributed by atoms with Crippen LogP contribution in [0.25, 0.3) is 0 Å². The van der Waals surface area contributed by atoms with Crippen LogP contribution in [0.1, 0.15) is 38.2 Å². The predicted molar refractivity (Wildman–Crippen MR) is 68.3 cm³/mol. The minimum absolute atomic E-state index is 0.0984. The van der Waals surface area contributed by atoms with E-state index in [-0.39, 0.29) is 16.8 Å². The van der Waals surface area contributed by atoms with E-state index >= 15 is 0 Å². The summed E-state index contributed by atoms with van der Waals surface area (Å²) in [6.45, 7) is 2.07. The minimum Gasteiger partial charge on any atom is -0.374 e. The van der Waals surface area contributed by atoms with E-state index in [0.717, 1.165) is 25.7 Å². The molecule has 5 heteroatoms. The van der Waals surface area contributed by atoms with Crippen LogP contribution in [0.4, 0.5) is 11.4 Å². The van der Waals surface area contributed by atoms with Gasteiger partial charge in [0.2, 0.25) is 0 Å². The minimum atomic E-state index is -0.487. The van der Waals surface area contributed by atoms with Crippen molar-refractivity contribution in [2.45, 2.75) is 38.1 Å². The smallest absolute Gasteiger partial charge is 0.309 e. The van der Waals surface area contributed by atoms with Gasteiger partial charge in [-0.15, -0.1) is 0 Å². The number of nitriles is 1. The van der Waals surface area contributed by atoms with Gasteiger partial charge in [0.15, 0.2) is 0 Å². The molecule has 18 heavy (non-hydrogen) atoms. The molecule has 0 unspecified atom stereocenters. The van der Waals surface area contributed by atoms with Crippen LogP contribution < -0.4 is 5.32 Å². The summed E-state index contributed by atoms with van der Waals surface area (Å²) in [7, 11) is 0. The number of rotatable bonds is 3. The topological polar surface area (TPSA) is 79.0 Å². The molecule has 1 aliphatic rings. The Labute approximate surface area is 106 Å². The highest BCUT2D eigenvalue weighted by molar-refractivity contribution is 5.69. The summed E-state index contributed by atoms with van der Waals surface area (Å²) in [5, 5.41) is 23.3. The summed E-state index contributed by atoms with van der Waals surface area (Å²) in [4.78, 5) is 10.6. The lowest BCUT2D eigenvalue weighted by Crippen LogP contribution is -2.31. The van der Waals surface area contributed by atoms with E-state index in [0.29, 0.717) is 5.69 Å². The summed E-state index contributed by atoms with van der Waals surface area (Å²) in [6, 6.07) is 6.69. The van der Waals surface area contributed by atoms with Gasteiger partial charge in [-0.05, 0) is 31.9 Å². The highest BCUT2D eigenvalue weighted by atomic mass is 16.6. The van der Waals surface area contributed by atoms with Gasteiger partial charge in [0.1, 0.15) is 17.3 Å². The maximum absolute atomic E-state index is 11.1. The van der Waals surface area contributed by atoms with Gasteiger partial charge >= 0.3 is 5.69 Å². The molecule has 0 bridgehead atoms. The molecule has 0 heterocycles. The summed E-state index contributed by atoms with van der Waals surface area (Å²) >= 11 is 0. The number of benzene rings is 1. The highest BCUT2D eigenvalue weighted by Gasteiger charge is 2.31. The molecule has 1 aromatic rings. The molecule has 1 saturated carbocycles. The van der Waals surface area contributed by atoms with Crippen LogP contribution in [0.15, 0.2) is 18.2 Å². The maximum atomic E-state index is 11.1. The molecule has 1 aromatic carbocycles. The Bertz CT molecular complexity index is 513. The number of anilines is 1. The first-order valence-electron chi connectivity index (χ1n) is 6.01. The lowest BCUT2D eigenvalue weighted by atomic mass is 9.99. The van der Waals surface area contributed by atoms with Gasteiger partial charge in [-0.2, -0.15) is 5.26 Å². The van der Waals surface area contributed by atoms with E-state index in [1.54, 1.807) is 12.1 Å². The van der Waals surface area contributed by atoms with Crippen LogP contribution in [-0.4, -0.2) is 10.5 Å². The third-order valence-electron chi connectivity index (χ3n) is 3.48. The van der Waals surface area contributed by atoms with Crippen molar-refractivity contribution in [1.82, 2.24) is 0 Å². The first-order valence-corrected chi connectivity index (χ1v) is 6.01. The molecule has 1 fully saturated rings. The van der Waals surface area contributed by atoms with Gasteiger partial charge in [-0.25, -0.2) is 0 Å². The van der Waals surface area contributed by atoms with Crippen LogP contribution in [-0.2, 0) is 0 Å². The number of hydrogen-bond donors (Lipinski definition) is 1. The molecule has 0 saturated heterocycles. The Balaban J connectivity index is 2.39. The second kappa shape index (κ2) is 4.65. The van der Waals surface area contributed by atoms with Crippen molar-refractivity contribution in [3.05, 3.63) is 33.9 Å². The second-order valence-corrected chi connectivity index (χ2v) is 4.96.